The van der Waals surface area contributed by atoms with Crippen LogP contribution in [-0.4, -0.2) is 18.7 Å². The fourth-order valence-electron chi connectivity index (χ4n) is 3.27. The number of nitrogens with zero attached hydrogens (tertiary/aromatic N) is 1. The van der Waals surface area contributed by atoms with Crippen LogP contribution in [0, 0.1) is 6.92 Å². The zero-order valence-electron chi connectivity index (χ0n) is 17.0. The van der Waals surface area contributed by atoms with Gasteiger partial charge in [-0.1, -0.05) is 66.2 Å². The molecule has 1 amide bonds. The summed E-state index contributed by atoms with van der Waals surface area (Å²) < 4.78 is 5.89. The lowest BCUT2D eigenvalue weighted by Crippen LogP contribution is -2.20. The number of carbonyl (C=O) groups excluding carboxylic acids is 1. The minimum absolute atomic E-state index is 0.107. The standard InChI is InChI=1S/C26H21ClN2O2/c1-18-23(27)12-7-13-24(18)28-16-22-21-11-6-5-8-19(21)14-15-25(22)31-17-26(30)29-20-9-3-2-4-10-20/h2-16H,17H2,1H3,(H,29,30). The van der Waals surface area contributed by atoms with Crippen molar-refractivity contribution in [2.75, 3.05) is 11.9 Å². The number of aliphatic imine (C=N–C) groups is 1. The lowest BCUT2D eigenvalue weighted by Gasteiger charge is -2.12. The predicted octanol–water partition coefficient (Wildman–Crippen LogP) is 6.57. The molecule has 0 aliphatic heterocycles. The summed E-state index contributed by atoms with van der Waals surface area (Å²) in [4.78, 5) is 17.0. The third-order valence-electron chi connectivity index (χ3n) is 4.92. The third-order valence-corrected chi connectivity index (χ3v) is 5.33. The molecule has 4 nitrogen and oxygen atoms in total. The molecule has 0 bridgehead atoms. The Labute approximate surface area is 186 Å². The normalized spacial score (nSPS) is 11.0. The Morgan fingerprint density at radius 2 is 1.74 bits per heavy atom. The number of hydrogen-bond acceptors (Lipinski definition) is 3. The van der Waals surface area contributed by atoms with Gasteiger partial charge in [0.1, 0.15) is 5.75 Å². The van der Waals surface area contributed by atoms with E-state index in [2.05, 4.69) is 10.3 Å². The highest BCUT2D eigenvalue weighted by molar-refractivity contribution is 6.31. The summed E-state index contributed by atoms with van der Waals surface area (Å²) in [6.45, 7) is 1.83. The van der Waals surface area contributed by atoms with Crippen LogP contribution in [0.5, 0.6) is 5.75 Å². The van der Waals surface area contributed by atoms with Crippen molar-refractivity contribution < 1.29 is 9.53 Å². The van der Waals surface area contributed by atoms with E-state index in [0.717, 1.165) is 33.3 Å². The Hall–Kier alpha value is -3.63. The maximum absolute atomic E-state index is 12.3. The first kappa shape index (κ1) is 20.6. The first-order valence-electron chi connectivity index (χ1n) is 9.90. The third kappa shape index (κ3) is 4.93. The van der Waals surface area contributed by atoms with Gasteiger partial charge in [-0.05, 0) is 53.6 Å². The summed E-state index contributed by atoms with van der Waals surface area (Å²) in [5, 5.41) is 5.55. The second-order valence-corrected chi connectivity index (χ2v) is 7.45. The molecule has 0 saturated carbocycles. The molecular formula is C26H21ClN2O2. The molecule has 0 unspecified atom stereocenters. The Balaban J connectivity index is 1.62. The highest BCUT2D eigenvalue weighted by atomic mass is 35.5. The van der Waals surface area contributed by atoms with Crippen molar-refractivity contribution in [1.82, 2.24) is 0 Å². The van der Waals surface area contributed by atoms with Crippen LogP contribution in [-0.2, 0) is 4.79 Å². The average Bonchev–Trinajstić information content (AvgIpc) is 2.79. The van der Waals surface area contributed by atoms with Gasteiger partial charge in [-0.2, -0.15) is 0 Å². The van der Waals surface area contributed by atoms with Crippen LogP contribution in [0.15, 0.2) is 89.9 Å². The van der Waals surface area contributed by atoms with Gasteiger partial charge < -0.3 is 10.1 Å². The summed E-state index contributed by atoms with van der Waals surface area (Å²) in [5.74, 6) is 0.360. The van der Waals surface area contributed by atoms with Crippen molar-refractivity contribution in [3.8, 4) is 5.75 Å². The number of ether oxygens (including phenoxy) is 1. The van der Waals surface area contributed by atoms with Crippen LogP contribution in [0.3, 0.4) is 0 Å². The number of benzene rings is 4. The van der Waals surface area contributed by atoms with Gasteiger partial charge in [0.05, 0.1) is 5.69 Å². The topological polar surface area (TPSA) is 50.7 Å². The fourth-order valence-corrected chi connectivity index (χ4v) is 3.44. The molecule has 4 rings (SSSR count). The number of anilines is 1. The van der Waals surface area contributed by atoms with Crippen molar-refractivity contribution in [3.05, 3.63) is 101 Å². The van der Waals surface area contributed by atoms with Gasteiger partial charge >= 0.3 is 0 Å². The Kier molecular flexibility index (Phi) is 6.29. The largest absolute Gasteiger partial charge is 0.483 e. The number of rotatable bonds is 6. The fraction of sp³-hybridized carbons (Fsp3) is 0.0769. The molecule has 0 saturated heterocycles. The van der Waals surface area contributed by atoms with Crippen LogP contribution in [0.4, 0.5) is 11.4 Å². The van der Waals surface area contributed by atoms with E-state index in [0.29, 0.717) is 10.8 Å². The first-order valence-corrected chi connectivity index (χ1v) is 10.3. The number of fused-ring (bicyclic) bond motifs is 1. The summed E-state index contributed by atoms with van der Waals surface area (Å²) in [7, 11) is 0. The Morgan fingerprint density at radius 1 is 0.968 bits per heavy atom. The zero-order valence-corrected chi connectivity index (χ0v) is 17.8. The van der Waals surface area contributed by atoms with Gasteiger partial charge in [-0.15, -0.1) is 0 Å². The molecule has 31 heavy (non-hydrogen) atoms. The molecule has 1 N–H and O–H groups in total. The maximum atomic E-state index is 12.3. The average molecular weight is 429 g/mol. The van der Waals surface area contributed by atoms with E-state index in [4.69, 9.17) is 16.3 Å². The highest BCUT2D eigenvalue weighted by Crippen LogP contribution is 2.29. The number of para-hydroxylation sites is 1. The number of halogens is 1. The summed E-state index contributed by atoms with van der Waals surface area (Å²) in [6, 6.07) is 26.8. The number of nitrogens with one attached hydrogen (secondary N) is 1. The maximum Gasteiger partial charge on any atom is 0.262 e. The van der Waals surface area contributed by atoms with Gasteiger partial charge in [0.15, 0.2) is 6.61 Å². The minimum atomic E-state index is -0.229. The van der Waals surface area contributed by atoms with E-state index in [-0.39, 0.29) is 12.5 Å². The van der Waals surface area contributed by atoms with Gasteiger partial charge in [0.2, 0.25) is 0 Å². The van der Waals surface area contributed by atoms with Crippen molar-refractivity contribution in [2.24, 2.45) is 4.99 Å². The van der Waals surface area contributed by atoms with Crippen molar-refractivity contribution in [3.63, 3.8) is 0 Å². The van der Waals surface area contributed by atoms with Crippen LogP contribution in [0.2, 0.25) is 5.02 Å². The van der Waals surface area contributed by atoms with E-state index >= 15 is 0 Å². The number of carbonyl (C=O) groups is 1. The molecule has 4 aromatic carbocycles. The van der Waals surface area contributed by atoms with Crippen LogP contribution >= 0.6 is 11.6 Å². The van der Waals surface area contributed by atoms with Gasteiger partial charge in [0.25, 0.3) is 5.91 Å². The summed E-state index contributed by atoms with van der Waals surface area (Å²) in [5.41, 5.74) is 3.23. The predicted molar refractivity (Wildman–Crippen MR) is 128 cm³/mol. The quantitative estimate of drug-likeness (QED) is 0.353. The van der Waals surface area contributed by atoms with Crippen LogP contribution in [0.1, 0.15) is 11.1 Å². The molecule has 5 heteroatoms. The van der Waals surface area contributed by atoms with Gasteiger partial charge in [0, 0.05) is 22.5 Å². The summed E-state index contributed by atoms with van der Waals surface area (Å²) >= 11 is 6.23. The second kappa shape index (κ2) is 9.45. The molecule has 0 atom stereocenters. The van der Waals surface area contributed by atoms with Crippen molar-refractivity contribution in [1.29, 1.82) is 0 Å². The van der Waals surface area contributed by atoms with Gasteiger partial charge in [-0.25, -0.2) is 0 Å². The molecule has 0 aromatic heterocycles. The van der Waals surface area contributed by atoms with E-state index in [9.17, 15) is 4.79 Å². The first-order chi connectivity index (χ1) is 15.1. The second-order valence-electron chi connectivity index (χ2n) is 7.04. The molecule has 0 aliphatic rings. The number of amides is 1. The van der Waals surface area contributed by atoms with E-state index in [1.54, 1.807) is 6.21 Å². The van der Waals surface area contributed by atoms with Crippen LogP contribution < -0.4 is 10.1 Å². The molecule has 4 aromatic rings. The van der Waals surface area contributed by atoms with E-state index in [1.165, 1.54) is 0 Å². The monoisotopic (exact) mass is 428 g/mol. The molecule has 0 fully saturated rings. The molecule has 154 valence electrons. The Bertz CT molecular complexity index is 1250. The molecule has 0 aliphatic carbocycles. The summed E-state index contributed by atoms with van der Waals surface area (Å²) in [6.07, 6.45) is 1.77. The zero-order chi connectivity index (χ0) is 21.6. The molecular weight excluding hydrogens is 408 g/mol. The smallest absolute Gasteiger partial charge is 0.262 e. The SMILES string of the molecule is Cc1c(Cl)cccc1N=Cc1c(OCC(=O)Nc2ccccc2)ccc2ccccc12. The van der Waals surface area contributed by atoms with Crippen molar-refractivity contribution >= 4 is 45.9 Å². The lowest BCUT2D eigenvalue weighted by molar-refractivity contribution is -0.118. The molecule has 0 spiro atoms. The Morgan fingerprint density at radius 3 is 2.58 bits per heavy atom. The molecule has 0 radical (unpaired) electrons. The minimum Gasteiger partial charge on any atom is -0.483 e. The van der Waals surface area contributed by atoms with Gasteiger partial charge in [-0.3, -0.25) is 9.79 Å². The van der Waals surface area contributed by atoms with E-state index in [1.807, 2.05) is 91.9 Å². The van der Waals surface area contributed by atoms with Crippen LogP contribution in [0.25, 0.3) is 10.8 Å². The number of hydrogen-bond donors (Lipinski definition) is 1. The molecule has 0 heterocycles. The van der Waals surface area contributed by atoms with E-state index < -0.39 is 0 Å². The van der Waals surface area contributed by atoms with Crippen molar-refractivity contribution in [2.45, 2.75) is 6.92 Å². The highest BCUT2D eigenvalue weighted by Gasteiger charge is 2.10. The lowest BCUT2D eigenvalue weighted by atomic mass is 10.0.